The van der Waals surface area contributed by atoms with E-state index < -0.39 is 5.97 Å². The summed E-state index contributed by atoms with van der Waals surface area (Å²) in [5.41, 5.74) is 1.49. The van der Waals surface area contributed by atoms with Gasteiger partial charge in [-0.05, 0) is 38.1 Å². The van der Waals surface area contributed by atoms with Crippen LogP contribution in [0.3, 0.4) is 0 Å². The smallest absolute Gasteiger partial charge is 0.338 e. The van der Waals surface area contributed by atoms with E-state index in [1.54, 1.807) is 40.1 Å². The van der Waals surface area contributed by atoms with Crippen LogP contribution >= 0.6 is 23.1 Å². The summed E-state index contributed by atoms with van der Waals surface area (Å²) in [4.78, 5) is 31.5. The topological polar surface area (TPSA) is 68.7 Å². The minimum atomic E-state index is -0.490. The van der Waals surface area contributed by atoms with Gasteiger partial charge in [-0.1, -0.05) is 0 Å². The summed E-state index contributed by atoms with van der Waals surface area (Å²) in [7, 11) is 0. The molecule has 0 spiro atoms. The van der Waals surface area contributed by atoms with E-state index in [0.29, 0.717) is 25.3 Å². The Hall–Kier alpha value is -1.90. The predicted molar refractivity (Wildman–Crippen MR) is 105 cm³/mol. The van der Waals surface area contributed by atoms with Crippen LogP contribution in [0.1, 0.15) is 28.0 Å². The van der Waals surface area contributed by atoms with Gasteiger partial charge in [0.2, 0.25) is 0 Å². The molecule has 1 aliphatic heterocycles. The van der Waals surface area contributed by atoms with Gasteiger partial charge >= 0.3 is 5.97 Å². The first kappa shape index (κ1) is 19.9. The third-order valence-corrected chi connectivity index (χ3v) is 5.93. The molecule has 0 N–H and O–H groups in total. The maximum absolute atomic E-state index is 12.2. The molecule has 1 aromatic carbocycles. The molecule has 144 valence electrons. The lowest BCUT2D eigenvalue weighted by molar-refractivity contribution is -0.141. The fourth-order valence-electron chi connectivity index (χ4n) is 2.67. The van der Waals surface area contributed by atoms with Crippen molar-refractivity contribution in [3.8, 4) is 0 Å². The average Bonchev–Trinajstić information content (AvgIpc) is 3.10. The molecular weight excluding hydrogens is 384 g/mol. The molecule has 27 heavy (non-hydrogen) atoms. The Labute approximate surface area is 166 Å². The third-order valence-electron chi connectivity index (χ3n) is 4.06. The number of esters is 1. The van der Waals surface area contributed by atoms with Crippen LogP contribution in [-0.2, 0) is 20.0 Å². The number of thioether (sulfide) groups is 1. The minimum Gasteiger partial charge on any atom is -0.452 e. The van der Waals surface area contributed by atoms with Gasteiger partial charge < -0.3 is 14.4 Å². The van der Waals surface area contributed by atoms with Gasteiger partial charge in [0.15, 0.2) is 6.61 Å². The summed E-state index contributed by atoms with van der Waals surface area (Å²) >= 11 is 3.30. The number of nitrogens with zero attached hydrogens (tertiary/aromatic N) is 2. The highest BCUT2D eigenvalue weighted by atomic mass is 32.2. The first-order valence-electron chi connectivity index (χ1n) is 8.71. The van der Waals surface area contributed by atoms with E-state index in [2.05, 4.69) is 10.4 Å². The van der Waals surface area contributed by atoms with Gasteiger partial charge in [-0.15, -0.1) is 23.1 Å². The Morgan fingerprint density at radius 3 is 2.81 bits per heavy atom. The first-order chi connectivity index (χ1) is 13.0. The second kappa shape index (κ2) is 9.34. The van der Waals surface area contributed by atoms with Crippen LogP contribution < -0.4 is 0 Å². The van der Waals surface area contributed by atoms with Crippen LogP contribution in [0.25, 0.3) is 0 Å². The Morgan fingerprint density at radius 1 is 1.37 bits per heavy atom. The quantitative estimate of drug-likeness (QED) is 0.542. The summed E-state index contributed by atoms with van der Waals surface area (Å²) in [6.45, 7) is 5.24. The second-order valence-electron chi connectivity index (χ2n) is 6.27. The maximum Gasteiger partial charge on any atom is 0.338 e. The number of aromatic nitrogens is 1. The number of morpholine rings is 1. The lowest BCUT2D eigenvalue weighted by Gasteiger charge is -2.30. The summed E-state index contributed by atoms with van der Waals surface area (Å²) in [5, 5.41) is 3.12. The van der Waals surface area contributed by atoms with Gasteiger partial charge in [0, 0.05) is 29.1 Å². The fraction of sp³-hybridized carbons (Fsp3) is 0.421. The molecule has 6 nitrogen and oxygen atoms in total. The SMILES string of the molecule is Cc1nc(CSc2ccc(C(=O)OCC(=O)N3CCOC(C)C3)cc2)cs1. The van der Waals surface area contributed by atoms with Gasteiger partial charge in [0.25, 0.3) is 5.91 Å². The van der Waals surface area contributed by atoms with Crippen LogP contribution in [0.2, 0.25) is 0 Å². The molecule has 1 unspecified atom stereocenters. The third kappa shape index (κ3) is 5.79. The van der Waals surface area contributed by atoms with Crippen LogP contribution in [0.5, 0.6) is 0 Å². The summed E-state index contributed by atoms with van der Waals surface area (Å²) < 4.78 is 10.6. The zero-order valence-electron chi connectivity index (χ0n) is 15.3. The summed E-state index contributed by atoms with van der Waals surface area (Å²) in [5.74, 6) is 0.112. The molecule has 2 aromatic rings. The Bertz CT molecular complexity index is 791. The highest BCUT2D eigenvalue weighted by Gasteiger charge is 2.22. The molecule has 8 heteroatoms. The zero-order valence-corrected chi connectivity index (χ0v) is 17.0. The van der Waals surface area contributed by atoms with Crippen LogP contribution in [0.15, 0.2) is 34.5 Å². The van der Waals surface area contributed by atoms with Gasteiger partial charge in [-0.3, -0.25) is 4.79 Å². The fourth-order valence-corrected chi connectivity index (χ4v) is 4.17. The second-order valence-corrected chi connectivity index (χ2v) is 8.38. The van der Waals surface area contributed by atoms with Crippen molar-refractivity contribution in [3.05, 3.63) is 45.9 Å². The average molecular weight is 407 g/mol. The van der Waals surface area contributed by atoms with Crippen molar-refractivity contribution < 1.29 is 19.1 Å². The lowest BCUT2D eigenvalue weighted by atomic mass is 10.2. The Balaban J connectivity index is 1.46. The number of benzene rings is 1. The molecule has 1 amide bonds. The van der Waals surface area contributed by atoms with E-state index in [-0.39, 0.29) is 18.6 Å². The molecule has 1 fully saturated rings. The summed E-state index contributed by atoms with van der Waals surface area (Å²) in [6.07, 6.45) is 0.0108. The van der Waals surface area contributed by atoms with E-state index in [4.69, 9.17) is 9.47 Å². The van der Waals surface area contributed by atoms with E-state index in [1.165, 1.54) is 0 Å². The first-order valence-corrected chi connectivity index (χ1v) is 10.6. The van der Waals surface area contributed by atoms with Crippen molar-refractivity contribution in [2.45, 2.75) is 30.6 Å². The highest BCUT2D eigenvalue weighted by Crippen LogP contribution is 2.24. The molecule has 2 heterocycles. The standard InChI is InChI=1S/C19H22N2O4S2/c1-13-9-21(7-8-24-13)18(22)10-25-19(23)15-3-5-17(6-4-15)27-12-16-11-26-14(2)20-16/h3-6,11,13H,7-10,12H2,1-2H3. The molecule has 0 bridgehead atoms. The van der Waals surface area contributed by atoms with Crippen molar-refractivity contribution in [2.24, 2.45) is 0 Å². The van der Waals surface area contributed by atoms with Gasteiger partial charge in [-0.25, -0.2) is 9.78 Å². The predicted octanol–water partition coefficient (Wildman–Crippen LogP) is 3.15. The molecule has 0 aliphatic carbocycles. The number of hydrogen-bond donors (Lipinski definition) is 0. The number of amides is 1. The van der Waals surface area contributed by atoms with E-state index in [9.17, 15) is 9.59 Å². The van der Waals surface area contributed by atoms with Crippen molar-refractivity contribution >= 4 is 35.0 Å². The molecular formula is C19H22N2O4S2. The van der Waals surface area contributed by atoms with Gasteiger partial charge in [0.05, 0.1) is 29.0 Å². The number of aryl methyl sites for hydroxylation is 1. The number of carbonyl (C=O) groups excluding carboxylic acids is 2. The van der Waals surface area contributed by atoms with Crippen molar-refractivity contribution in [1.29, 1.82) is 0 Å². The van der Waals surface area contributed by atoms with Gasteiger partial charge in [-0.2, -0.15) is 0 Å². The number of thiazole rings is 1. The summed E-state index contributed by atoms with van der Waals surface area (Å²) in [6, 6.07) is 7.20. The molecule has 1 saturated heterocycles. The number of ether oxygens (including phenoxy) is 2. The molecule has 1 aromatic heterocycles. The normalized spacial score (nSPS) is 17.0. The van der Waals surface area contributed by atoms with Crippen LogP contribution in [0.4, 0.5) is 0 Å². The number of hydrogen-bond acceptors (Lipinski definition) is 7. The Morgan fingerprint density at radius 2 is 2.15 bits per heavy atom. The van der Waals surface area contributed by atoms with Crippen molar-refractivity contribution in [1.82, 2.24) is 9.88 Å². The largest absolute Gasteiger partial charge is 0.452 e. The van der Waals surface area contributed by atoms with E-state index in [0.717, 1.165) is 21.3 Å². The molecule has 1 aliphatic rings. The molecule has 3 rings (SSSR count). The molecule has 1 atom stereocenters. The monoisotopic (exact) mass is 406 g/mol. The van der Waals surface area contributed by atoms with Gasteiger partial charge in [0.1, 0.15) is 0 Å². The Kier molecular flexibility index (Phi) is 6.87. The minimum absolute atomic E-state index is 0.0108. The molecule has 0 radical (unpaired) electrons. The number of carbonyl (C=O) groups is 2. The van der Waals surface area contributed by atoms with E-state index in [1.807, 2.05) is 26.0 Å². The van der Waals surface area contributed by atoms with Crippen molar-refractivity contribution in [2.75, 3.05) is 26.3 Å². The molecule has 0 saturated carbocycles. The van der Waals surface area contributed by atoms with Crippen molar-refractivity contribution in [3.63, 3.8) is 0 Å². The zero-order chi connectivity index (χ0) is 19.2. The van der Waals surface area contributed by atoms with Crippen LogP contribution in [0, 0.1) is 6.92 Å². The lowest BCUT2D eigenvalue weighted by Crippen LogP contribution is -2.46. The van der Waals surface area contributed by atoms with E-state index >= 15 is 0 Å². The van der Waals surface area contributed by atoms with Crippen LogP contribution in [-0.4, -0.2) is 54.2 Å². The number of rotatable bonds is 6. The highest BCUT2D eigenvalue weighted by molar-refractivity contribution is 7.98. The maximum atomic E-state index is 12.2.